The van der Waals surface area contributed by atoms with Crippen LogP contribution in [0.25, 0.3) is 6.08 Å². The first-order valence-corrected chi connectivity index (χ1v) is 7.05. The molecule has 8 heteroatoms. The van der Waals surface area contributed by atoms with Crippen LogP contribution in [0.3, 0.4) is 0 Å². The van der Waals surface area contributed by atoms with Crippen LogP contribution >= 0.6 is 0 Å². The highest BCUT2D eigenvalue weighted by Gasteiger charge is 2.17. The zero-order valence-corrected chi connectivity index (χ0v) is 11.5. The maximum Gasteiger partial charge on any atom is 0.329 e. The molecular formula is C12H14N2O5S. The van der Waals surface area contributed by atoms with Gasteiger partial charge in [0.15, 0.2) is 0 Å². The Kier molecular flexibility index (Phi) is 5.27. The van der Waals surface area contributed by atoms with Gasteiger partial charge in [0.2, 0.25) is 0 Å². The van der Waals surface area contributed by atoms with E-state index < -0.39 is 28.6 Å². The number of hydrogen-bond acceptors (Lipinski definition) is 4. The molecule has 2 amide bonds. The van der Waals surface area contributed by atoms with Gasteiger partial charge in [-0.1, -0.05) is 30.3 Å². The van der Waals surface area contributed by atoms with Gasteiger partial charge in [-0.3, -0.25) is 4.79 Å². The Bertz CT molecular complexity index is 623. The largest absolute Gasteiger partial charge is 0.480 e. The van der Waals surface area contributed by atoms with Crippen LogP contribution in [0.2, 0.25) is 0 Å². The van der Waals surface area contributed by atoms with E-state index in [1.54, 1.807) is 35.1 Å². The van der Waals surface area contributed by atoms with Crippen molar-refractivity contribution in [2.75, 3.05) is 6.54 Å². The zero-order valence-electron chi connectivity index (χ0n) is 10.7. The third-order valence-corrected chi connectivity index (χ3v) is 3.64. The lowest BCUT2D eigenvalue weighted by Crippen LogP contribution is -2.41. The van der Waals surface area contributed by atoms with Crippen LogP contribution in [0.5, 0.6) is 0 Å². The highest BCUT2D eigenvalue weighted by Crippen LogP contribution is 2.10. The number of allylic oxidation sites excluding steroid dienone is 1. The molecule has 20 heavy (non-hydrogen) atoms. The second-order valence-electron chi connectivity index (χ2n) is 3.85. The first-order valence-electron chi connectivity index (χ1n) is 5.57. The van der Waals surface area contributed by atoms with Crippen molar-refractivity contribution in [2.24, 2.45) is 0 Å². The molecule has 0 aromatic heterocycles. The van der Waals surface area contributed by atoms with Gasteiger partial charge in [0.25, 0.3) is 10.0 Å². The monoisotopic (exact) mass is 298 g/mol. The van der Waals surface area contributed by atoms with E-state index in [1.807, 2.05) is 5.32 Å². The number of aliphatic carboxylic acids is 1. The Morgan fingerprint density at radius 2 is 1.85 bits per heavy atom. The summed E-state index contributed by atoms with van der Waals surface area (Å²) in [5, 5.41) is 10.3. The summed E-state index contributed by atoms with van der Waals surface area (Å²) >= 11 is 0. The maximum atomic E-state index is 11.8. The highest BCUT2D eigenvalue weighted by molar-refractivity contribution is 7.94. The number of rotatable bonds is 5. The van der Waals surface area contributed by atoms with Crippen molar-refractivity contribution in [3.8, 4) is 0 Å². The van der Waals surface area contributed by atoms with Crippen molar-refractivity contribution in [1.29, 1.82) is 0 Å². The third-order valence-electron chi connectivity index (χ3n) is 2.22. The van der Waals surface area contributed by atoms with Crippen molar-refractivity contribution in [1.82, 2.24) is 10.0 Å². The summed E-state index contributed by atoms with van der Waals surface area (Å²) in [4.78, 5) is 21.4. The van der Waals surface area contributed by atoms with Crippen LogP contribution in [0, 0.1) is 0 Å². The maximum absolute atomic E-state index is 11.8. The molecule has 3 N–H and O–H groups in total. The third kappa shape index (κ3) is 5.11. The van der Waals surface area contributed by atoms with Crippen LogP contribution in [0.15, 0.2) is 35.2 Å². The Morgan fingerprint density at radius 1 is 1.25 bits per heavy atom. The fourth-order valence-corrected chi connectivity index (χ4v) is 2.02. The number of hydrogen-bond donors (Lipinski definition) is 3. The molecule has 1 rings (SSSR count). The van der Waals surface area contributed by atoms with E-state index in [9.17, 15) is 18.0 Å². The second kappa shape index (κ2) is 6.71. The number of nitrogens with one attached hydrogen (secondary N) is 2. The van der Waals surface area contributed by atoms with Crippen LogP contribution in [0.1, 0.15) is 12.5 Å². The van der Waals surface area contributed by atoms with E-state index in [0.717, 1.165) is 0 Å². The van der Waals surface area contributed by atoms with Gasteiger partial charge in [0.05, 0.1) is 4.91 Å². The number of carbonyl (C=O) groups excluding carboxylic acids is 1. The van der Waals surface area contributed by atoms with Gasteiger partial charge in [0, 0.05) is 0 Å². The normalized spacial score (nSPS) is 11.8. The number of carboxylic acid groups (broad SMARTS) is 1. The van der Waals surface area contributed by atoms with Gasteiger partial charge in [-0.15, -0.1) is 0 Å². The molecule has 0 saturated carbocycles. The summed E-state index contributed by atoms with van der Waals surface area (Å²) in [7, 11) is -4.00. The van der Waals surface area contributed by atoms with Crippen LogP contribution in [-0.2, 0) is 14.8 Å². The zero-order chi connectivity index (χ0) is 15.2. The molecule has 0 atom stereocenters. The minimum atomic E-state index is -4.00. The Labute approximate surface area is 116 Å². The lowest BCUT2D eigenvalue weighted by Gasteiger charge is -2.07. The molecule has 0 aliphatic heterocycles. The summed E-state index contributed by atoms with van der Waals surface area (Å²) in [6.07, 6.45) is 1.40. The molecule has 1 aromatic rings. The topological polar surface area (TPSA) is 113 Å². The average Bonchev–Trinajstić information content (AvgIpc) is 2.37. The second-order valence-corrected chi connectivity index (χ2v) is 5.70. The summed E-state index contributed by atoms with van der Waals surface area (Å²) in [5.41, 5.74) is 0.668. The van der Waals surface area contributed by atoms with Crippen molar-refractivity contribution in [3.05, 3.63) is 40.8 Å². The number of carbonyl (C=O) groups is 2. The smallest absolute Gasteiger partial charge is 0.329 e. The fraction of sp³-hybridized carbons (Fsp3) is 0.167. The van der Waals surface area contributed by atoms with Crippen molar-refractivity contribution >= 4 is 28.1 Å². The van der Waals surface area contributed by atoms with Gasteiger partial charge in [-0.25, -0.2) is 17.9 Å². The Balaban J connectivity index is 2.76. The van der Waals surface area contributed by atoms with Crippen molar-refractivity contribution in [3.63, 3.8) is 0 Å². The first kappa shape index (κ1) is 15.7. The highest BCUT2D eigenvalue weighted by atomic mass is 32.2. The Hall–Kier alpha value is -2.35. The van der Waals surface area contributed by atoms with E-state index in [4.69, 9.17) is 5.11 Å². The minimum absolute atomic E-state index is 0.0609. The quantitative estimate of drug-likeness (QED) is 0.743. The standard InChI is InChI=1S/C12H14N2O5S/c1-9(7-10-5-3-2-4-6-10)20(18,19)14-12(17)13-8-11(15)16/h2-7H,8H2,1H3,(H,15,16)(H2,13,14,17). The van der Waals surface area contributed by atoms with Crippen LogP contribution in [-0.4, -0.2) is 32.1 Å². The molecule has 0 aliphatic carbocycles. The van der Waals surface area contributed by atoms with E-state index in [-0.39, 0.29) is 4.91 Å². The molecule has 0 saturated heterocycles. The van der Waals surface area contributed by atoms with Crippen molar-refractivity contribution < 1.29 is 23.1 Å². The summed E-state index contributed by atoms with van der Waals surface area (Å²) in [5.74, 6) is -1.27. The van der Waals surface area contributed by atoms with Gasteiger partial charge in [-0.2, -0.15) is 0 Å². The van der Waals surface area contributed by atoms with Gasteiger partial charge < -0.3 is 10.4 Å². The lowest BCUT2D eigenvalue weighted by atomic mass is 10.2. The number of sulfonamides is 1. The molecular weight excluding hydrogens is 284 g/mol. The minimum Gasteiger partial charge on any atom is -0.480 e. The molecule has 0 fully saturated rings. The Morgan fingerprint density at radius 3 is 2.40 bits per heavy atom. The lowest BCUT2D eigenvalue weighted by molar-refractivity contribution is -0.135. The molecule has 0 bridgehead atoms. The molecule has 0 aliphatic rings. The predicted molar refractivity (Wildman–Crippen MR) is 73.2 cm³/mol. The van der Waals surface area contributed by atoms with E-state index in [2.05, 4.69) is 0 Å². The van der Waals surface area contributed by atoms with Crippen LogP contribution in [0.4, 0.5) is 4.79 Å². The van der Waals surface area contributed by atoms with Gasteiger partial charge in [0.1, 0.15) is 6.54 Å². The average molecular weight is 298 g/mol. The molecule has 108 valence electrons. The molecule has 1 aromatic carbocycles. The fourth-order valence-electron chi connectivity index (χ4n) is 1.26. The molecule has 0 radical (unpaired) electrons. The predicted octanol–water partition coefficient (Wildman–Crippen LogP) is 0.761. The van der Waals surface area contributed by atoms with Gasteiger partial charge >= 0.3 is 12.0 Å². The van der Waals surface area contributed by atoms with E-state index in [0.29, 0.717) is 5.56 Å². The molecule has 0 heterocycles. The van der Waals surface area contributed by atoms with E-state index in [1.165, 1.54) is 13.0 Å². The van der Waals surface area contributed by atoms with Gasteiger partial charge in [-0.05, 0) is 18.6 Å². The van der Waals surface area contributed by atoms with Crippen LogP contribution < -0.4 is 10.0 Å². The SMILES string of the molecule is CC(=Cc1ccccc1)S(=O)(=O)NC(=O)NCC(=O)O. The summed E-state index contributed by atoms with van der Waals surface area (Å²) < 4.78 is 25.3. The number of urea groups is 1. The number of carboxylic acids is 1. The molecule has 0 unspecified atom stereocenters. The summed E-state index contributed by atoms with van der Waals surface area (Å²) in [6, 6.07) is 7.62. The summed E-state index contributed by atoms with van der Waals surface area (Å²) in [6.45, 7) is 0.669. The number of benzene rings is 1. The molecule has 0 spiro atoms. The van der Waals surface area contributed by atoms with Crippen molar-refractivity contribution in [2.45, 2.75) is 6.92 Å². The van der Waals surface area contributed by atoms with E-state index >= 15 is 0 Å². The first-order chi connectivity index (χ1) is 9.31. The number of amides is 2. The molecule has 7 nitrogen and oxygen atoms in total.